The van der Waals surface area contributed by atoms with Crippen LogP contribution in [0, 0.1) is 24.4 Å². The van der Waals surface area contributed by atoms with Crippen molar-refractivity contribution in [2.45, 2.75) is 32.5 Å². The molecule has 4 aromatic carbocycles. The minimum Gasteiger partial charge on any atom is -0.447 e. The SMILES string of the molecule is COCCn1c(Cc2cc(F)c(-c3cccc4c3OC(c3ccc(C)cc3F)O4)cc2F)nc2ccc(C(O)O)cc21. The van der Waals surface area contributed by atoms with E-state index in [9.17, 15) is 14.6 Å². The lowest BCUT2D eigenvalue weighted by Gasteiger charge is -2.13. The van der Waals surface area contributed by atoms with Gasteiger partial charge in [0, 0.05) is 36.8 Å². The van der Waals surface area contributed by atoms with Gasteiger partial charge in [-0.2, -0.15) is 0 Å². The van der Waals surface area contributed by atoms with Crippen LogP contribution in [0.25, 0.3) is 22.2 Å². The summed E-state index contributed by atoms with van der Waals surface area (Å²) in [6, 6.07) is 16.5. The van der Waals surface area contributed by atoms with E-state index in [1.165, 1.54) is 6.07 Å². The second-order valence-corrected chi connectivity index (χ2v) is 10.1. The van der Waals surface area contributed by atoms with Crippen molar-refractivity contribution in [2.75, 3.05) is 13.7 Å². The maximum atomic E-state index is 15.6. The van der Waals surface area contributed by atoms with Gasteiger partial charge in [-0.3, -0.25) is 0 Å². The molecule has 1 aliphatic rings. The third-order valence-corrected chi connectivity index (χ3v) is 7.29. The third-order valence-electron chi connectivity index (χ3n) is 7.29. The van der Waals surface area contributed by atoms with Crippen molar-refractivity contribution in [2.24, 2.45) is 0 Å². The summed E-state index contributed by atoms with van der Waals surface area (Å²) < 4.78 is 64.6. The molecule has 0 saturated carbocycles. The van der Waals surface area contributed by atoms with Gasteiger partial charge in [0.2, 0.25) is 0 Å². The topological polar surface area (TPSA) is 86.0 Å². The van der Waals surface area contributed by atoms with E-state index in [0.717, 1.165) is 17.7 Å². The number of aliphatic hydroxyl groups is 2. The van der Waals surface area contributed by atoms with Gasteiger partial charge in [-0.05, 0) is 60.5 Å². The Kier molecular flexibility index (Phi) is 7.36. The Morgan fingerprint density at radius 3 is 2.52 bits per heavy atom. The first-order chi connectivity index (χ1) is 20.2. The first-order valence-corrected chi connectivity index (χ1v) is 13.3. The lowest BCUT2D eigenvalue weighted by Crippen LogP contribution is -2.10. The van der Waals surface area contributed by atoms with E-state index >= 15 is 8.78 Å². The summed E-state index contributed by atoms with van der Waals surface area (Å²) in [6.07, 6.45) is -2.76. The summed E-state index contributed by atoms with van der Waals surface area (Å²) >= 11 is 0. The molecule has 0 spiro atoms. The zero-order valence-electron chi connectivity index (χ0n) is 22.8. The lowest BCUT2D eigenvalue weighted by atomic mass is 10.00. The summed E-state index contributed by atoms with van der Waals surface area (Å²) in [7, 11) is 1.55. The van der Waals surface area contributed by atoms with E-state index in [1.54, 1.807) is 67.1 Å². The van der Waals surface area contributed by atoms with E-state index in [2.05, 4.69) is 4.98 Å². The summed E-state index contributed by atoms with van der Waals surface area (Å²) in [5, 5.41) is 19.2. The maximum absolute atomic E-state index is 15.6. The van der Waals surface area contributed by atoms with Crippen molar-refractivity contribution < 1.29 is 37.6 Å². The molecule has 0 amide bonds. The fourth-order valence-corrected chi connectivity index (χ4v) is 5.16. The molecule has 7 nitrogen and oxygen atoms in total. The Labute approximate surface area is 239 Å². The molecule has 0 fully saturated rings. The average molecular weight is 577 g/mol. The van der Waals surface area contributed by atoms with Crippen molar-refractivity contribution in [3.63, 3.8) is 0 Å². The number of para-hydroxylation sites is 1. The normalized spacial score (nSPS) is 14.3. The number of rotatable bonds is 8. The zero-order valence-corrected chi connectivity index (χ0v) is 22.8. The van der Waals surface area contributed by atoms with E-state index in [1.807, 2.05) is 0 Å². The molecule has 2 N–H and O–H groups in total. The number of hydrogen-bond donors (Lipinski definition) is 2. The number of aliphatic hydroxyl groups excluding tert-OH is 1. The zero-order chi connectivity index (χ0) is 29.5. The predicted octanol–water partition coefficient (Wildman–Crippen LogP) is 6.12. The van der Waals surface area contributed by atoms with E-state index in [4.69, 9.17) is 14.2 Å². The Bertz CT molecular complexity index is 1800. The van der Waals surface area contributed by atoms with Crippen LogP contribution >= 0.6 is 0 Å². The van der Waals surface area contributed by atoms with Gasteiger partial charge < -0.3 is 29.0 Å². The highest BCUT2D eigenvalue weighted by Crippen LogP contribution is 2.47. The van der Waals surface area contributed by atoms with Crippen LogP contribution in [0.2, 0.25) is 0 Å². The monoisotopic (exact) mass is 576 g/mol. The molecular weight excluding hydrogens is 549 g/mol. The first-order valence-electron chi connectivity index (χ1n) is 13.3. The van der Waals surface area contributed by atoms with E-state index in [0.29, 0.717) is 35.8 Å². The van der Waals surface area contributed by atoms with E-state index < -0.39 is 30.0 Å². The van der Waals surface area contributed by atoms with Gasteiger partial charge in [0.25, 0.3) is 6.29 Å². The number of imidazole rings is 1. The van der Waals surface area contributed by atoms with Crippen molar-refractivity contribution in [1.29, 1.82) is 0 Å². The smallest absolute Gasteiger partial charge is 0.270 e. The molecule has 6 rings (SSSR count). The highest BCUT2D eigenvalue weighted by Gasteiger charge is 2.31. The summed E-state index contributed by atoms with van der Waals surface area (Å²) in [6.45, 7) is 2.46. The molecule has 1 atom stereocenters. The fourth-order valence-electron chi connectivity index (χ4n) is 5.16. The van der Waals surface area contributed by atoms with Crippen LogP contribution in [0.15, 0.2) is 66.7 Å². The Morgan fingerprint density at radius 1 is 0.929 bits per heavy atom. The average Bonchev–Trinajstić information content (AvgIpc) is 3.54. The quantitative estimate of drug-likeness (QED) is 0.217. The minimum atomic E-state index is -1.66. The van der Waals surface area contributed by atoms with Gasteiger partial charge in [-0.15, -0.1) is 0 Å². The minimum absolute atomic E-state index is 0.0281. The van der Waals surface area contributed by atoms with Crippen LogP contribution in [-0.4, -0.2) is 33.5 Å². The fraction of sp³-hybridized carbons (Fsp3) is 0.219. The highest BCUT2D eigenvalue weighted by molar-refractivity contribution is 5.78. The van der Waals surface area contributed by atoms with Gasteiger partial charge >= 0.3 is 0 Å². The standard InChI is InChI=1S/C32H27F3N2O5/c1-17-6-8-21(24(34)12-17)32-41-28-5-3-4-20(30(28)42-32)22-16-23(33)19(13-25(22)35)15-29-36-26-9-7-18(31(38)39)14-27(26)37(29)10-11-40-2/h3-9,12-14,16,31-32,38-39H,10-11,15H2,1-2H3. The van der Waals surface area contributed by atoms with Crippen molar-refractivity contribution >= 4 is 11.0 Å². The van der Waals surface area contributed by atoms with Crippen LogP contribution < -0.4 is 9.47 Å². The first kappa shape index (κ1) is 27.8. The number of fused-ring (bicyclic) bond motifs is 2. The summed E-state index contributed by atoms with van der Waals surface area (Å²) in [5.74, 6) is -0.883. The Hall–Kier alpha value is -4.38. The summed E-state index contributed by atoms with van der Waals surface area (Å²) in [5.41, 5.74) is 2.72. The van der Waals surface area contributed by atoms with E-state index in [-0.39, 0.29) is 40.0 Å². The number of ether oxygens (including phenoxy) is 3. The Balaban J connectivity index is 1.33. The molecule has 5 aromatic rings. The number of aromatic nitrogens is 2. The van der Waals surface area contributed by atoms with Crippen LogP contribution in [0.4, 0.5) is 13.2 Å². The molecule has 1 aromatic heterocycles. The summed E-state index contributed by atoms with van der Waals surface area (Å²) in [4.78, 5) is 4.60. The largest absolute Gasteiger partial charge is 0.447 e. The number of benzene rings is 4. The van der Waals surface area contributed by atoms with Gasteiger partial charge in [0.15, 0.2) is 17.8 Å². The molecule has 42 heavy (non-hydrogen) atoms. The molecule has 0 saturated heterocycles. The number of halogens is 3. The molecule has 0 radical (unpaired) electrons. The van der Waals surface area contributed by atoms with Crippen molar-refractivity contribution in [1.82, 2.24) is 9.55 Å². The molecule has 0 aliphatic carbocycles. The number of hydrogen-bond acceptors (Lipinski definition) is 6. The van der Waals surface area contributed by atoms with Crippen LogP contribution in [0.3, 0.4) is 0 Å². The third kappa shape index (κ3) is 5.09. The Morgan fingerprint density at radius 2 is 1.76 bits per heavy atom. The molecule has 1 unspecified atom stereocenters. The van der Waals surface area contributed by atoms with Gasteiger partial charge in [0.05, 0.1) is 23.2 Å². The molecule has 2 heterocycles. The second-order valence-electron chi connectivity index (χ2n) is 10.1. The maximum Gasteiger partial charge on any atom is 0.270 e. The molecular formula is C32H27F3N2O5. The highest BCUT2D eigenvalue weighted by atomic mass is 19.1. The number of aryl methyl sites for hydroxylation is 1. The molecule has 10 heteroatoms. The number of nitrogens with zero attached hydrogens (tertiary/aromatic N) is 2. The molecule has 0 bridgehead atoms. The number of methoxy groups -OCH3 is 1. The molecule has 216 valence electrons. The lowest BCUT2D eigenvalue weighted by molar-refractivity contribution is -0.0424. The van der Waals surface area contributed by atoms with Crippen LogP contribution in [-0.2, 0) is 17.7 Å². The van der Waals surface area contributed by atoms with Crippen molar-refractivity contribution in [3.05, 3.63) is 112 Å². The second kappa shape index (κ2) is 11.1. The van der Waals surface area contributed by atoms with Crippen molar-refractivity contribution in [3.8, 4) is 22.6 Å². The molecule has 1 aliphatic heterocycles. The van der Waals surface area contributed by atoms with Gasteiger partial charge in [0.1, 0.15) is 23.3 Å². The van der Waals surface area contributed by atoms with Gasteiger partial charge in [-0.25, -0.2) is 18.2 Å². The van der Waals surface area contributed by atoms with Crippen LogP contribution in [0.1, 0.15) is 40.7 Å². The van der Waals surface area contributed by atoms with Gasteiger partial charge in [-0.1, -0.05) is 24.3 Å². The predicted molar refractivity (Wildman–Crippen MR) is 149 cm³/mol. The van der Waals surface area contributed by atoms with Crippen LogP contribution in [0.5, 0.6) is 11.5 Å².